The van der Waals surface area contributed by atoms with Crippen LogP contribution in [0, 0.1) is 26.7 Å². The zero-order valence-corrected chi connectivity index (χ0v) is 16.1. The molecule has 1 aromatic carbocycles. The Bertz CT molecular complexity index is 715. The van der Waals surface area contributed by atoms with Gasteiger partial charge in [0.2, 0.25) is 5.91 Å². The maximum Gasteiger partial charge on any atom is 0.233 e. The minimum atomic E-state index is -0.343. The number of hydrogen-bond donors (Lipinski definition) is 1. The van der Waals surface area contributed by atoms with Gasteiger partial charge in [0.05, 0.1) is 19.3 Å². The van der Waals surface area contributed by atoms with Gasteiger partial charge in [-0.1, -0.05) is 17.7 Å². The molecule has 6 heteroatoms. The Morgan fingerprint density at radius 3 is 2.40 bits per heavy atom. The first-order valence-corrected chi connectivity index (χ1v) is 9.09. The van der Waals surface area contributed by atoms with Crippen molar-refractivity contribution in [2.24, 2.45) is 10.9 Å². The zero-order valence-electron chi connectivity index (χ0n) is 15.3. The molecule has 2 aliphatic rings. The topological polar surface area (TPSA) is 53.9 Å². The Hall–Kier alpha value is -1.79. The Morgan fingerprint density at radius 1 is 1.20 bits per heavy atom. The monoisotopic (exact) mass is 359 g/mol. The molecular weight excluding hydrogens is 334 g/mol. The summed E-state index contributed by atoms with van der Waals surface area (Å²) in [4.78, 5) is 19.5. The number of thiocarbonyl (C=S) groups is 1. The highest BCUT2D eigenvalue weighted by molar-refractivity contribution is 7.80. The van der Waals surface area contributed by atoms with Crippen molar-refractivity contribution < 1.29 is 9.53 Å². The average Bonchev–Trinajstić information content (AvgIpc) is 2.54. The molecule has 5 nitrogen and oxygen atoms in total. The van der Waals surface area contributed by atoms with Crippen molar-refractivity contribution in [1.82, 2.24) is 10.2 Å². The fourth-order valence-corrected chi connectivity index (χ4v) is 4.21. The Morgan fingerprint density at radius 2 is 1.80 bits per heavy atom. The first-order valence-electron chi connectivity index (χ1n) is 8.68. The van der Waals surface area contributed by atoms with Crippen LogP contribution in [0.2, 0.25) is 0 Å². The summed E-state index contributed by atoms with van der Waals surface area (Å²) < 4.78 is 5.38. The summed E-state index contributed by atoms with van der Waals surface area (Å²) in [5, 5.41) is 3.75. The number of carbonyl (C=O) groups excluding carboxylic acids is 1. The van der Waals surface area contributed by atoms with E-state index in [4.69, 9.17) is 17.0 Å². The SMILES string of the molecule is CC1=NC(=S)NC(c2c(C)cc(C)cc2C)C1C(=O)N1CCOCC1. The van der Waals surface area contributed by atoms with E-state index in [-0.39, 0.29) is 17.9 Å². The minimum absolute atomic E-state index is 0.101. The fraction of sp³-hybridized carbons (Fsp3) is 0.526. The molecule has 1 amide bonds. The molecule has 25 heavy (non-hydrogen) atoms. The second-order valence-electron chi connectivity index (χ2n) is 6.91. The molecule has 134 valence electrons. The standard InChI is InChI=1S/C19H25N3O2S/c1-11-9-12(2)15(13(3)10-11)17-16(14(4)20-19(25)21-17)18(23)22-5-7-24-8-6-22/h9-10,16-17H,5-8H2,1-4H3,(H,21,25). The number of carbonyl (C=O) groups is 1. The predicted molar refractivity (Wildman–Crippen MR) is 103 cm³/mol. The van der Waals surface area contributed by atoms with Gasteiger partial charge >= 0.3 is 0 Å². The van der Waals surface area contributed by atoms with E-state index in [1.807, 2.05) is 11.8 Å². The summed E-state index contributed by atoms with van der Waals surface area (Å²) in [6.07, 6.45) is 0. The second kappa shape index (κ2) is 7.22. The molecule has 0 saturated carbocycles. The van der Waals surface area contributed by atoms with E-state index < -0.39 is 0 Å². The Kier molecular flexibility index (Phi) is 5.20. The third-order valence-corrected chi connectivity index (χ3v) is 5.19. The molecule has 0 radical (unpaired) electrons. The van der Waals surface area contributed by atoms with E-state index in [9.17, 15) is 4.79 Å². The molecule has 0 bridgehead atoms. The van der Waals surface area contributed by atoms with Gasteiger partial charge < -0.3 is 15.0 Å². The smallest absolute Gasteiger partial charge is 0.233 e. The van der Waals surface area contributed by atoms with Gasteiger partial charge in [-0.3, -0.25) is 4.79 Å². The van der Waals surface area contributed by atoms with Crippen LogP contribution in [-0.4, -0.2) is 47.9 Å². The first kappa shape index (κ1) is 18.0. The highest BCUT2D eigenvalue weighted by Gasteiger charge is 2.39. The van der Waals surface area contributed by atoms with Gasteiger partial charge in [-0.2, -0.15) is 0 Å². The number of morpholine rings is 1. The van der Waals surface area contributed by atoms with E-state index in [0.717, 1.165) is 11.3 Å². The summed E-state index contributed by atoms with van der Waals surface area (Å²) in [7, 11) is 0. The van der Waals surface area contributed by atoms with Gasteiger partial charge in [0.25, 0.3) is 0 Å². The van der Waals surface area contributed by atoms with Gasteiger partial charge in [0.15, 0.2) is 5.11 Å². The van der Waals surface area contributed by atoms with Crippen molar-refractivity contribution in [3.05, 3.63) is 34.4 Å². The number of hydrogen-bond acceptors (Lipinski definition) is 3. The van der Waals surface area contributed by atoms with E-state index in [1.54, 1.807) is 0 Å². The predicted octanol–water partition coefficient (Wildman–Crippen LogP) is 2.48. The maximum absolute atomic E-state index is 13.2. The van der Waals surface area contributed by atoms with E-state index in [0.29, 0.717) is 31.4 Å². The van der Waals surface area contributed by atoms with E-state index in [1.165, 1.54) is 16.7 Å². The van der Waals surface area contributed by atoms with Gasteiger partial charge in [-0.15, -0.1) is 0 Å². The largest absolute Gasteiger partial charge is 0.378 e. The summed E-state index contributed by atoms with van der Waals surface area (Å²) in [6, 6.07) is 4.13. The number of rotatable bonds is 2. The first-order chi connectivity index (χ1) is 11.9. The molecule has 3 rings (SSSR count). The highest BCUT2D eigenvalue weighted by atomic mass is 32.1. The lowest BCUT2D eigenvalue weighted by Crippen LogP contribution is -2.51. The number of nitrogens with zero attached hydrogens (tertiary/aromatic N) is 2. The van der Waals surface area contributed by atoms with Gasteiger partial charge in [0.1, 0.15) is 5.92 Å². The zero-order chi connectivity index (χ0) is 18.1. The van der Waals surface area contributed by atoms with Crippen LogP contribution in [0.5, 0.6) is 0 Å². The summed E-state index contributed by atoms with van der Waals surface area (Å²) in [6.45, 7) is 10.6. The van der Waals surface area contributed by atoms with Crippen molar-refractivity contribution in [3.63, 3.8) is 0 Å². The molecule has 2 unspecified atom stereocenters. The average molecular weight is 359 g/mol. The molecule has 2 aliphatic heterocycles. The third kappa shape index (κ3) is 3.60. The van der Waals surface area contributed by atoms with Crippen molar-refractivity contribution in [2.75, 3.05) is 26.3 Å². The summed E-state index contributed by atoms with van der Waals surface area (Å²) in [5.74, 6) is -0.242. The number of benzene rings is 1. The summed E-state index contributed by atoms with van der Waals surface area (Å²) >= 11 is 5.32. The van der Waals surface area contributed by atoms with Crippen LogP contribution in [0.15, 0.2) is 17.1 Å². The van der Waals surface area contributed by atoms with Gasteiger partial charge in [0, 0.05) is 18.8 Å². The lowest BCUT2D eigenvalue weighted by atomic mass is 9.82. The van der Waals surface area contributed by atoms with Crippen LogP contribution in [0.1, 0.15) is 35.2 Å². The molecule has 1 saturated heterocycles. The molecule has 0 spiro atoms. The molecule has 2 atom stereocenters. The van der Waals surface area contributed by atoms with Crippen LogP contribution in [0.3, 0.4) is 0 Å². The van der Waals surface area contributed by atoms with Crippen molar-refractivity contribution in [2.45, 2.75) is 33.7 Å². The van der Waals surface area contributed by atoms with Crippen molar-refractivity contribution in [3.8, 4) is 0 Å². The van der Waals surface area contributed by atoms with Crippen LogP contribution < -0.4 is 5.32 Å². The maximum atomic E-state index is 13.2. The lowest BCUT2D eigenvalue weighted by molar-refractivity contribution is -0.138. The van der Waals surface area contributed by atoms with Crippen molar-refractivity contribution in [1.29, 1.82) is 0 Å². The molecule has 1 N–H and O–H groups in total. The molecule has 1 aromatic rings. The van der Waals surface area contributed by atoms with Gasteiger partial charge in [-0.25, -0.2) is 4.99 Å². The fourth-order valence-electron chi connectivity index (χ4n) is 3.94. The molecule has 0 aliphatic carbocycles. The number of nitrogens with one attached hydrogen (secondary N) is 1. The number of ether oxygens (including phenoxy) is 1. The summed E-state index contributed by atoms with van der Waals surface area (Å²) in [5.41, 5.74) is 5.50. The van der Waals surface area contributed by atoms with Crippen LogP contribution >= 0.6 is 12.2 Å². The highest BCUT2D eigenvalue weighted by Crippen LogP contribution is 2.33. The number of aryl methyl sites for hydroxylation is 3. The third-order valence-electron chi connectivity index (χ3n) is 4.98. The molecule has 1 fully saturated rings. The van der Waals surface area contributed by atoms with Crippen LogP contribution in [0.4, 0.5) is 0 Å². The van der Waals surface area contributed by atoms with Crippen molar-refractivity contribution >= 4 is 28.9 Å². The Labute approximate surface area is 154 Å². The lowest BCUT2D eigenvalue weighted by Gasteiger charge is -2.37. The molecule has 2 heterocycles. The second-order valence-corrected chi connectivity index (χ2v) is 7.29. The van der Waals surface area contributed by atoms with E-state index >= 15 is 0 Å². The minimum Gasteiger partial charge on any atom is -0.378 e. The Balaban J connectivity index is 2.02. The number of amides is 1. The molecule has 0 aromatic heterocycles. The normalized spacial score (nSPS) is 23.9. The van der Waals surface area contributed by atoms with E-state index in [2.05, 4.69) is 43.2 Å². The van der Waals surface area contributed by atoms with Crippen LogP contribution in [-0.2, 0) is 9.53 Å². The van der Waals surface area contributed by atoms with Gasteiger partial charge in [-0.05, 0) is 56.6 Å². The van der Waals surface area contributed by atoms with Crippen LogP contribution in [0.25, 0.3) is 0 Å². The number of aliphatic imine (C=N–C) groups is 1. The molecular formula is C19H25N3O2S. The quantitative estimate of drug-likeness (QED) is 0.825.